The number of rotatable bonds is 4. The van der Waals surface area contributed by atoms with Gasteiger partial charge in [0.05, 0.1) is 6.04 Å². The molecule has 0 aliphatic carbocycles. The Morgan fingerprint density at radius 1 is 0.944 bits per heavy atom. The summed E-state index contributed by atoms with van der Waals surface area (Å²) in [5, 5.41) is 6.29. The quantitative estimate of drug-likeness (QED) is 0.863. The molecule has 0 radical (unpaired) electrons. The lowest BCUT2D eigenvalue weighted by atomic mass is 9.98. The van der Waals surface area contributed by atoms with Crippen LogP contribution in [0.15, 0.2) is 48.5 Å². The van der Waals surface area contributed by atoms with E-state index in [1.54, 1.807) is 12.1 Å². The van der Waals surface area contributed by atoms with Crippen molar-refractivity contribution in [1.29, 1.82) is 0 Å². The van der Waals surface area contributed by atoms with Gasteiger partial charge in [-0.1, -0.05) is 24.3 Å². The van der Waals surface area contributed by atoms with Crippen LogP contribution in [0.3, 0.4) is 0 Å². The smallest absolute Gasteiger partial charge is 0.123 e. The van der Waals surface area contributed by atoms with Gasteiger partial charge in [-0.15, -0.1) is 0 Å². The van der Waals surface area contributed by atoms with E-state index in [0.717, 1.165) is 16.8 Å². The van der Waals surface area contributed by atoms with Gasteiger partial charge < -0.3 is 10.6 Å². The maximum atomic E-state index is 13.3. The second kappa shape index (κ2) is 5.65. The molecule has 2 aromatic carbocycles. The molecule has 0 bridgehead atoms. The highest BCUT2D eigenvalue weighted by Crippen LogP contribution is 2.23. The highest BCUT2D eigenvalue weighted by atomic mass is 19.1. The van der Waals surface area contributed by atoms with Crippen molar-refractivity contribution >= 4 is 5.69 Å². The van der Waals surface area contributed by atoms with Crippen LogP contribution in [0.25, 0.3) is 0 Å². The molecule has 0 aliphatic heterocycles. The van der Waals surface area contributed by atoms with Crippen molar-refractivity contribution in [3.05, 3.63) is 65.5 Å². The topological polar surface area (TPSA) is 24.1 Å². The molecule has 2 aromatic rings. The van der Waals surface area contributed by atoms with Gasteiger partial charge in [0.2, 0.25) is 0 Å². The fraction of sp³-hybridized carbons (Fsp3) is 0.200. The van der Waals surface area contributed by atoms with Crippen molar-refractivity contribution in [3.63, 3.8) is 0 Å². The lowest BCUT2D eigenvalue weighted by Crippen LogP contribution is -2.17. The molecule has 0 aromatic heterocycles. The summed E-state index contributed by atoms with van der Waals surface area (Å²) in [6.07, 6.45) is 0. The van der Waals surface area contributed by atoms with Crippen molar-refractivity contribution in [2.75, 3.05) is 19.4 Å². The molecule has 0 spiro atoms. The van der Waals surface area contributed by atoms with E-state index in [1.807, 2.05) is 44.4 Å². The second-order valence-electron chi connectivity index (χ2n) is 4.15. The highest BCUT2D eigenvalue weighted by Gasteiger charge is 2.12. The predicted octanol–water partition coefficient (Wildman–Crippen LogP) is 3.18. The van der Waals surface area contributed by atoms with E-state index in [2.05, 4.69) is 10.6 Å². The van der Waals surface area contributed by atoms with Crippen molar-refractivity contribution in [1.82, 2.24) is 5.32 Å². The summed E-state index contributed by atoms with van der Waals surface area (Å²) in [4.78, 5) is 0. The predicted molar refractivity (Wildman–Crippen MR) is 73.3 cm³/mol. The van der Waals surface area contributed by atoms with Crippen molar-refractivity contribution < 1.29 is 4.39 Å². The molecule has 0 amide bonds. The normalized spacial score (nSPS) is 12.2. The summed E-state index contributed by atoms with van der Waals surface area (Å²) in [5.41, 5.74) is 3.10. The number of nitrogens with one attached hydrogen (secondary N) is 2. The zero-order chi connectivity index (χ0) is 13.0. The first kappa shape index (κ1) is 12.6. The van der Waals surface area contributed by atoms with Gasteiger partial charge in [0.1, 0.15) is 5.82 Å². The molecule has 3 heteroatoms. The van der Waals surface area contributed by atoms with Crippen molar-refractivity contribution in [3.8, 4) is 0 Å². The molecular weight excluding hydrogens is 227 g/mol. The van der Waals surface area contributed by atoms with Gasteiger partial charge in [0, 0.05) is 12.7 Å². The second-order valence-corrected chi connectivity index (χ2v) is 4.15. The number of hydrogen-bond acceptors (Lipinski definition) is 2. The van der Waals surface area contributed by atoms with Crippen LogP contribution in [0.5, 0.6) is 0 Å². The Kier molecular flexibility index (Phi) is 3.95. The van der Waals surface area contributed by atoms with E-state index < -0.39 is 0 Å². The van der Waals surface area contributed by atoms with Crippen LogP contribution in [-0.2, 0) is 0 Å². The summed E-state index contributed by atoms with van der Waals surface area (Å²) < 4.78 is 13.3. The number of hydrogen-bond donors (Lipinski definition) is 2. The summed E-state index contributed by atoms with van der Waals surface area (Å²) in [6.45, 7) is 0. The van der Waals surface area contributed by atoms with Gasteiger partial charge in [0.15, 0.2) is 0 Å². The first-order valence-electron chi connectivity index (χ1n) is 5.95. The van der Waals surface area contributed by atoms with Crippen molar-refractivity contribution in [2.45, 2.75) is 6.04 Å². The Morgan fingerprint density at radius 2 is 1.67 bits per heavy atom. The fourth-order valence-electron chi connectivity index (χ4n) is 2.05. The zero-order valence-electron chi connectivity index (χ0n) is 10.6. The molecule has 2 N–H and O–H groups in total. The van der Waals surface area contributed by atoms with E-state index in [-0.39, 0.29) is 11.9 Å². The van der Waals surface area contributed by atoms with Gasteiger partial charge in [-0.05, 0) is 42.4 Å². The summed E-state index contributed by atoms with van der Waals surface area (Å²) in [6, 6.07) is 14.8. The van der Waals surface area contributed by atoms with Crippen LogP contribution < -0.4 is 10.6 Å². The van der Waals surface area contributed by atoms with E-state index >= 15 is 0 Å². The molecule has 94 valence electrons. The Hall–Kier alpha value is -1.87. The SMILES string of the molecule is CNc1ccc(C(NC)c2cccc(F)c2)cc1. The third kappa shape index (κ3) is 2.68. The number of halogens is 1. The van der Waals surface area contributed by atoms with E-state index in [4.69, 9.17) is 0 Å². The molecule has 18 heavy (non-hydrogen) atoms. The minimum Gasteiger partial charge on any atom is -0.388 e. The van der Waals surface area contributed by atoms with Crippen molar-refractivity contribution in [2.24, 2.45) is 0 Å². The monoisotopic (exact) mass is 244 g/mol. The number of anilines is 1. The fourth-order valence-corrected chi connectivity index (χ4v) is 2.05. The van der Waals surface area contributed by atoms with Crippen LogP contribution in [0.2, 0.25) is 0 Å². The van der Waals surface area contributed by atoms with Crippen LogP contribution in [-0.4, -0.2) is 14.1 Å². The van der Waals surface area contributed by atoms with Crippen LogP contribution in [0.1, 0.15) is 17.2 Å². The Morgan fingerprint density at radius 3 is 2.22 bits per heavy atom. The lowest BCUT2D eigenvalue weighted by molar-refractivity contribution is 0.617. The van der Waals surface area contributed by atoms with Gasteiger partial charge in [-0.25, -0.2) is 4.39 Å². The lowest BCUT2D eigenvalue weighted by Gasteiger charge is -2.17. The summed E-state index contributed by atoms with van der Waals surface area (Å²) in [7, 11) is 3.76. The molecule has 0 fully saturated rings. The molecule has 1 atom stereocenters. The standard InChI is InChI=1S/C15H17FN2/c1-17-14-8-6-11(7-9-14)15(18-2)12-4-3-5-13(16)10-12/h3-10,15,17-18H,1-2H3. The molecule has 0 saturated carbocycles. The minimum atomic E-state index is -0.209. The Labute approximate surface area is 107 Å². The average Bonchev–Trinajstić information content (AvgIpc) is 2.40. The maximum Gasteiger partial charge on any atom is 0.123 e. The van der Waals surface area contributed by atoms with E-state index in [1.165, 1.54) is 6.07 Å². The summed E-state index contributed by atoms with van der Waals surface area (Å²) in [5.74, 6) is -0.209. The largest absolute Gasteiger partial charge is 0.388 e. The molecule has 0 heterocycles. The molecule has 0 saturated heterocycles. The minimum absolute atomic E-state index is 0.00612. The van der Waals surface area contributed by atoms with Crippen LogP contribution >= 0.6 is 0 Å². The van der Waals surface area contributed by atoms with E-state index in [9.17, 15) is 4.39 Å². The highest BCUT2D eigenvalue weighted by molar-refractivity contribution is 5.45. The van der Waals surface area contributed by atoms with E-state index in [0.29, 0.717) is 0 Å². The summed E-state index contributed by atoms with van der Waals surface area (Å²) >= 11 is 0. The molecule has 2 rings (SSSR count). The molecular formula is C15H17FN2. The maximum absolute atomic E-state index is 13.3. The van der Waals surface area contributed by atoms with Gasteiger partial charge >= 0.3 is 0 Å². The third-order valence-electron chi connectivity index (χ3n) is 3.00. The zero-order valence-corrected chi connectivity index (χ0v) is 10.6. The Balaban J connectivity index is 2.32. The van der Waals surface area contributed by atoms with Gasteiger partial charge in [-0.2, -0.15) is 0 Å². The van der Waals surface area contributed by atoms with Crippen LogP contribution in [0, 0.1) is 5.82 Å². The molecule has 1 unspecified atom stereocenters. The van der Waals surface area contributed by atoms with Gasteiger partial charge in [-0.3, -0.25) is 0 Å². The average molecular weight is 244 g/mol. The Bertz CT molecular complexity index is 508. The first-order valence-corrected chi connectivity index (χ1v) is 5.95. The number of benzene rings is 2. The third-order valence-corrected chi connectivity index (χ3v) is 3.00. The first-order chi connectivity index (χ1) is 8.74. The van der Waals surface area contributed by atoms with Crippen LogP contribution in [0.4, 0.5) is 10.1 Å². The molecule has 0 aliphatic rings. The molecule has 2 nitrogen and oxygen atoms in total. The van der Waals surface area contributed by atoms with Gasteiger partial charge in [0.25, 0.3) is 0 Å².